The van der Waals surface area contributed by atoms with E-state index in [4.69, 9.17) is 0 Å². The maximum absolute atomic E-state index is 4.37. The maximum atomic E-state index is 4.37. The smallest absolute Gasteiger partial charge is 0.0804 e. The molecule has 0 bridgehead atoms. The van der Waals surface area contributed by atoms with Gasteiger partial charge in [-0.2, -0.15) is 10.9 Å². The zero-order chi connectivity index (χ0) is 11.5. The summed E-state index contributed by atoms with van der Waals surface area (Å²) in [6, 6.07) is 12.6. The second-order valence-electron chi connectivity index (χ2n) is 3.88. The van der Waals surface area contributed by atoms with Crippen LogP contribution in [0.15, 0.2) is 52.5 Å². The third-order valence-electron chi connectivity index (χ3n) is 2.73. The van der Waals surface area contributed by atoms with E-state index in [2.05, 4.69) is 43.3 Å². The first-order valence-electron chi connectivity index (χ1n) is 5.27. The van der Waals surface area contributed by atoms with Crippen molar-refractivity contribution in [2.75, 3.05) is 0 Å². The molecule has 0 aliphatic rings. The van der Waals surface area contributed by atoms with Crippen LogP contribution in [0.3, 0.4) is 0 Å². The predicted molar refractivity (Wildman–Crippen MR) is 71.0 cm³/mol. The predicted octanol–water partition coefficient (Wildman–Crippen LogP) is 3.91. The maximum Gasteiger partial charge on any atom is 0.0804 e. The molecule has 0 N–H and O–H groups in total. The standard InChI is InChI=1S/C14H16NS/c1-11-7-8-13(10-12(11)2)16(3)14-6-4-5-9-15-14/h4-10,16H,3H2,1-2H3. The molecule has 1 aromatic carbocycles. The molecule has 1 unspecified atom stereocenters. The van der Waals surface area contributed by atoms with E-state index in [1.807, 2.05) is 24.4 Å². The van der Waals surface area contributed by atoms with Gasteiger partial charge in [0, 0.05) is 6.20 Å². The second-order valence-corrected chi connectivity index (χ2v) is 5.72. The van der Waals surface area contributed by atoms with Gasteiger partial charge in [-0.3, -0.25) is 4.98 Å². The van der Waals surface area contributed by atoms with Crippen molar-refractivity contribution in [3.05, 3.63) is 60.0 Å². The van der Waals surface area contributed by atoms with E-state index >= 15 is 0 Å². The molecule has 0 saturated carbocycles. The quantitative estimate of drug-likeness (QED) is 0.772. The van der Waals surface area contributed by atoms with Gasteiger partial charge in [-0.25, -0.2) is 0 Å². The summed E-state index contributed by atoms with van der Waals surface area (Å²) in [5.41, 5.74) is 2.65. The lowest BCUT2D eigenvalue weighted by Crippen LogP contribution is -1.87. The Morgan fingerprint density at radius 1 is 1.06 bits per heavy atom. The average molecular weight is 230 g/mol. The minimum absolute atomic E-state index is 0.560. The van der Waals surface area contributed by atoms with Crippen LogP contribution < -0.4 is 0 Å². The summed E-state index contributed by atoms with van der Waals surface area (Å²) < 4.78 is 0. The molecule has 16 heavy (non-hydrogen) atoms. The fraction of sp³-hybridized carbons (Fsp3) is 0.143. The van der Waals surface area contributed by atoms with E-state index in [-0.39, 0.29) is 0 Å². The number of aryl methyl sites for hydroxylation is 2. The molecule has 0 aliphatic heterocycles. The first-order chi connectivity index (χ1) is 7.68. The molecule has 83 valence electrons. The van der Waals surface area contributed by atoms with Crippen LogP contribution in [0.25, 0.3) is 0 Å². The average Bonchev–Trinajstić information content (AvgIpc) is 2.33. The summed E-state index contributed by atoms with van der Waals surface area (Å²) in [5, 5.41) is 1.08. The fourth-order valence-electron chi connectivity index (χ4n) is 1.54. The summed E-state index contributed by atoms with van der Waals surface area (Å²) in [5.74, 6) is 0. The van der Waals surface area contributed by atoms with Gasteiger partial charge >= 0.3 is 0 Å². The van der Waals surface area contributed by atoms with E-state index < -0.39 is 10.9 Å². The molecule has 2 heteroatoms. The van der Waals surface area contributed by atoms with Crippen molar-refractivity contribution in [2.24, 2.45) is 0 Å². The Morgan fingerprint density at radius 2 is 1.88 bits per heavy atom. The number of hydrogen-bond donors (Lipinski definition) is 1. The molecule has 0 saturated heterocycles. The third kappa shape index (κ3) is 2.27. The van der Waals surface area contributed by atoms with Crippen molar-refractivity contribution in [3.63, 3.8) is 0 Å². The van der Waals surface area contributed by atoms with Crippen LogP contribution in [-0.4, -0.2) is 4.98 Å². The molecule has 2 rings (SSSR count). The zero-order valence-electron chi connectivity index (χ0n) is 9.64. The molecule has 0 fully saturated rings. The van der Waals surface area contributed by atoms with Crippen molar-refractivity contribution in [1.82, 2.24) is 4.98 Å². The SMILES string of the molecule is [CH2][SH](c1ccc(C)c(C)c1)c1ccccn1. The molecule has 1 atom stereocenters. The molecule has 1 aromatic heterocycles. The van der Waals surface area contributed by atoms with E-state index in [1.165, 1.54) is 16.0 Å². The summed E-state index contributed by atoms with van der Waals surface area (Å²) in [4.78, 5) is 5.66. The molecule has 0 aliphatic carbocycles. The summed E-state index contributed by atoms with van der Waals surface area (Å²) in [6.45, 7) is 4.27. The minimum Gasteiger partial charge on any atom is -0.251 e. The normalized spacial score (nSPS) is 13.6. The number of benzene rings is 1. The van der Waals surface area contributed by atoms with Crippen molar-refractivity contribution in [3.8, 4) is 0 Å². The molecule has 0 amide bonds. The van der Waals surface area contributed by atoms with Gasteiger partial charge in [-0.15, -0.1) is 0 Å². The monoisotopic (exact) mass is 230 g/mol. The topological polar surface area (TPSA) is 12.9 Å². The highest BCUT2D eigenvalue weighted by Crippen LogP contribution is 2.41. The molecule has 1 nitrogen and oxygen atoms in total. The van der Waals surface area contributed by atoms with Crippen molar-refractivity contribution >= 4 is 10.9 Å². The van der Waals surface area contributed by atoms with Crippen LogP contribution in [-0.2, 0) is 0 Å². The van der Waals surface area contributed by atoms with E-state index in [9.17, 15) is 0 Å². The second kappa shape index (κ2) is 4.71. The first kappa shape index (κ1) is 11.2. The van der Waals surface area contributed by atoms with E-state index in [0.29, 0.717) is 0 Å². The number of hydrogen-bond acceptors (Lipinski definition) is 1. The fourth-order valence-corrected chi connectivity index (χ4v) is 2.88. The number of nitrogens with zero attached hydrogens (tertiary/aromatic N) is 1. The lowest BCUT2D eigenvalue weighted by Gasteiger charge is -2.16. The van der Waals surface area contributed by atoms with Crippen LogP contribution in [0.2, 0.25) is 0 Å². The van der Waals surface area contributed by atoms with Gasteiger partial charge in [0.2, 0.25) is 0 Å². The highest BCUT2D eigenvalue weighted by molar-refractivity contribution is 8.18. The Balaban J connectivity index is 2.34. The van der Waals surface area contributed by atoms with Gasteiger partial charge in [-0.1, -0.05) is 12.1 Å². The number of aromatic nitrogens is 1. The zero-order valence-corrected chi connectivity index (χ0v) is 10.5. The molecular formula is C14H16NS. The Hall–Kier alpha value is -1.28. The minimum atomic E-state index is -0.560. The van der Waals surface area contributed by atoms with Crippen LogP contribution in [0.5, 0.6) is 0 Å². The van der Waals surface area contributed by atoms with Crippen molar-refractivity contribution in [2.45, 2.75) is 23.8 Å². The van der Waals surface area contributed by atoms with Crippen LogP contribution in [0, 0.1) is 20.1 Å². The largest absolute Gasteiger partial charge is 0.251 e. The summed E-state index contributed by atoms with van der Waals surface area (Å²) >= 11 is 0. The highest BCUT2D eigenvalue weighted by atomic mass is 32.2. The Labute approximate surface area is 99.9 Å². The van der Waals surface area contributed by atoms with Gasteiger partial charge in [0.15, 0.2) is 0 Å². The van der Waals surface area contributed by atoms with Crippen molar-refractivity contribution < 1.29 is 0 Å². The molecule has 2 aromatic rings. The Bertz CT molecular complexity index is 479. The third-order valence-corrected chi connectivity index (χ3v) is 4.45. The van der Waals surface area contributed by atoms with Gasteiger partial charge in [0.1, 0.15) is 0 Å². The molecule has 1 radical (unpaired) electrons. The van der Waals surface area contributed by atoms with Gasteiger partial charge in [0.25, 0.3) is 0 Å². The lowest BCUT2D eigenvalue weighted by atomic mass is 10.1. The highest BCUT2D eigenvalue weighted by Gasteiger charge is 2.05. The van der Waals surface area contributed by atoms with Crippen LogP contribution in [0.4, 0.5) is 0 Å². The molecular weight excluding hydrogens is 214 g/mol. The summed E-state index contributed by atoms with van der Waals surface area (Å²) in [6.07, 6.45) is 6.08. The Kier molecular flexibility index (Phi) is 3.30. The first-order valence-corrected chi connectivity index (χ1v) is 6.80. The lowest BCUT2D eigenvalue weighted by molar-refractivity contribution is 1.12. The number of pyridine rings is 1. The molecule has 0 spiro atoms. The van der Waals surface area contributed by atoms with Crippen molar-refractivity contribution in [1.29, 1.82) is 0 Å². The van der Waals surface area contributed by atoms with Gasteiger partial charge < -0.3 is 0 Å². The van der Waals surface area contributed by atoms with Gasteiger partial charge in [-0.05, 0) is 60.4 Å². The molecule has 1 heterocycles. The van der Waals surface area contributed by atoms with Crippen LogP contribution >= 0.6 is 10.9 Å². The number of thiol groups is 1. The van der Waals surface area contributed by atoms with Crippen LogP contribution in [0.1, 0.15) is 11.1 Å². The summed E-state index contributed by atoms with van der Waals surface area (Å²) in [7, 11) is -0.560. The van der Waals surface area contributed by atoms with E-state index in [1.54, 1.807) is 0 Å². The Morgan fingerprint density at radius 3 is 2.50 bits per heavy atom. The number of rotatable bonds is 2. The van der Waals surface area contributed by atoms with Gasteiger partial charge in [0.05, 0.1) is 5.03 Å². The van der Waals surface area contributed by atoms with E-state index in [0.717, 1.165) is 5.03 Å².